The highest BCUT2D eigenvalue weighted by Gasteiger charge is 2.11. The fourth-order valence-corrected chi connectivity index (χ4v) is 2.28. The van der Waals surface area contributed by atoms with Gasteiger partial charge in [0.25, 0.3) is 0 Å². The second kappa shape index (κ2) is 7.19. The third-order valence-corrected chi connectivity index (χ3v) is 3.45. The van der Waals surface area contributed by atoms with Crippen molar-refractivity contribution in [3.05, 3.63) is 29.6 Å². The molecule has 2 rings (SSSR count). The van der Waals surface area contributed by atoms with E-state index in [0.29, 0.717) is 5.69 Å². The Balaban J connectivity index is 1.80. The molecule has 5 nitrogen and oxygen atoms in total. The van der Waals surface area contributed by atoms with Crippen molar-refractivity contribution in [2.45, 2.75) is 6.54 Å². The van der Waals surface area contributed by atoms with Crippen molar-refractivity contribution in [2.75, 3.05) is 46.3 Å². The average Bonchev–Trinajstić information content (AvgIpc) is 2.47. The zero-order valence-electron chi connectivity index (χ0n) is 11.5. The van der Waals surface area contributed by atoms with Gasteiger partial charge in [-0.25, -0.2) is 4.98 Å². The predicted octanol–water partition coefficient (Wildman–Crippen LogP) is 0.290. The van der Waals surface area contributed by atoms with Crippen LogP contribution in [0.1, 0.15) is 11.3 Å². The normalized spacial score (nSPS) is 16.5. The van der Waals surface area contributed by atoms with Crippen LogP contribution in [0.25, 0.3) is 0 Å². The molecule has 0 bridgehead atoms. The monoisotopic (exact) mass is 259 g/mol. The molecule has 0 aromatic carbocycles. The Kier molecular flexibility index (Phi) is 5.28. The molecule has 1 aliphatic heterocycles. The van der Waals surface area contributed by atoms with Crippen LogP contribution in [0.5, 0.6) is 0 Å². The van der Waals surface area contributed by atoms with Gasteiger partial charge in [0.1, 0.15) is 11.8 Å². The summed E-state index contributed by atoms with van der Waals surface area (Å²) >= 11 is 0. The Bertz CT molecular complexity index is 434. The van der Waals surface area contributed by atoms with E-state index in [9.17, 15) is 0 Å². The van der Waals surface area contributed by atoms with E-state index in [2.05, 4.69) is 33.2 Å². The molecule has 0 unspecified atom stereocenters. The minimum absolute atomic E-state index is 0.538. The summed E-state index contributed by atoms with van der Waals surface area (Å²) in [6.07, 6.45) is 1.67. The summed E-state index contributed by atoms with van der Waals surface area (Å²) in [6, 6.07) is 6.02. The first-order valence-electron chi connectivity index (χ1n) is 6.75. The minimum atomic E-state index is 0.538. The number of aromatic nitrogens is 1. The zero-order chi connectivity index (χ0) is 13.5. The number of hydrogen-bond donors (Lipinski definition) is 1. The highest BCUT2D eigenvalue weighted by Crippen LogP contribution is 2.07. The quantitative estimate of drug-likeness (QED) is 0.824. The SMILES string of the molecule is CN(CCN1CCNCC1)Cc1cccnc1C#N. The van der Waals surface area contributed by atoms with E-state index < -0.39 is 0 Å². The van der Waals surface area contributed by atoms with Crippen LogP contribution in [0.2, 0.25) is 0 Å². The lowest BCUT2D eigenvalue weighted by Crippen LogP contribution is -2.45. The molecule has 1 aromatic rings. The van der Waals surface area contributed by atoms with E-state index in [-0.39, 0.29) is 0 Å². The van der Waals surface area contributed by atoms with Gasteiger partial charge in [0.2, 0.25) is 0 Å². The molecule has 0 spiro atoms. The van der Waals surface area contributed by atoms with Gasteiger partial charge in [-0.2, -0.15) is 5.26 Å². The Morgan fingerprint density at radius 1 is 1.47 bits per heavy atom. The first-order valence-corrected chi connectivity index (χ1v) is 6.75. The highest BCUT2D eigenvalue weighted by molar-refractivity contribution is 5.30. The van der Waals surface area contributed by atoms with Gasteiger partial charge in [0.05, 0.1) is 0 Å². The molecule has 0 saturated carbocycles. The highest BCUT2D eigenvalue weighted by atomic mass is 15.2. The predicted molar refractivity (Wildman–Crippen MR) is 74.6 cm³/mol. The molecule has 102 valence electrons. The van der Waals surface area contributed by atoms with Gasteiger partial charge in [-0.05, 0) is 13.1 Å². The van der Waals surface area contributed by atoms with Crippen molar-refractivity contribution in [2.24, 2.45) is 0 Å². The summed E-state index contributed by atoms with van der Waals surface area (Å²) in [5.41, 5.74) is 1.55. The molecule has 1 aromatic heterocycles. The van der Waals surface area contributed by atoms with Gasteiger partial charge < -0.3 is 10.2 Å². The van der Waals surface area contributed by atoms with Crippen LogP contribution in [0.15, 0.2) is 18.3 Å². The van der Waals surface area contributed by atoms with E-state index in [1.807, 2.05) is 12.1 Å². The van der Waals surface area contributed by atoms with Gasteiger partial charge in [0.15, 0.2) is 0 Å². The summed E-state index contributed by atoms with van der Waals surface area (Å²) in [5, 5.41) is 12.4. The molecule has 1 N–H and O–H groups in total. The van der Waals surface area contributed by atoms with Crippen LogP contribution < -0.4 is 5.32 Å². The maximum absolute atomic E-state index is 9.02. The van der Waals surface area contributed by atoms with Gasteiger partial charge in [-0.15, -0.1) is 0 Å². The van der Waals surface area contributed by atoms with E-state index in [1.54, 1.807) is 6.20 Å². The lowest BCUT2D eigenvalue weighted by Gasteiger charge is -2.29. The van der Waals surface area contributed by atoms with Crippen LogP contribution in [0, 0.1) is 11.3 Å². The number of rotatable bonds is 5. The van der Waals surface area contributed by atoms with E-state index >= 15 is 0 Å². The molecule has 1 saturated heterocycles. The first-order chi connectivity index (χ1) is 9.29. The van der Waals surface area contributed by atoms with E-state index in [0.717, 1.165) is 51.4 Å². The minimum Gasteiger partial charge on any atom is -0.314 e. The Morgan fingerprint density at radius 3 is 3.00 bits per heavy atom. The average molecular weight is 259 g/mol. The molecule has 0 radical (unpaired) electrons. The molecule has 0 atom stereocenters. The van der Waals surface area contributed by atoms with Crippen LogP contribution in [-0.2, 0) is 6.54 Å². The Hall–Kier alpha value is -1.48. The van der Waals surface area contributed by atoms with Crippen molar-refractivity contribution in [3.8, 4) is 6.07 Å². The number of pyridine rings is 1. The molecule has 1 fully saturated rings. The van der Waals surface area contributed by atoms with Gasteiger partial charge in [-0.1, -0.05) is 6.07 Å². The van der Waals surface area contributed by atoms with Gasteiger partial charge in [0, 0.05) is 57.6 Å². The van der Waals surface area contributed by atoms with Crippen LogP contribution in [-0.4, -0.2) is 61.1 Å². The van der Waals surface area contributed by atoms with Crippen LogP contribution >= 0.6 is 0 Å². The van der Waals surface area contributed by atoms with Crippen molar-refractivity contribution < 1.29 is 0 Å². The molecular formula is C14H21N5. The summed E-state index contributed by atoms with van der Waals surface area (Å²) in [4.78, 5) is 8.82. The third-order valence-electron chi connectivity index (χ3n) is 3.45. The number of likely N-dealkylation sites (N-methyl/N-ethyl adjacent to an activating group) is 1. The largest absolute Gasteiger partial charge is 0.314 e. The number of nitriles is 1. The van der Waals surface area contributed by atoms with Crippen molar-refractivity contribution in [3.63, 3.8) is 0 Å². The van der Waals surface area contributed by atoms with Crippen LogP contribution in [0.3, 0.4) is 0 Å². The number of nitrogens with one attached hydrogen (secondary N) is 1. The number of hydrogen-bond acceptors (Lipinski definition) is 5. The Labute approximate surface area is 114 Å². The summed E-state index contributed by atoms with van der Waals surface area (Å²) in [5.74, 6) is 0. The molecule has 1 aliphatic rings. The summed E-state index contributed by atoms with van der Waals surface area (Å²) in [6.45, 7) is 7.31. The molecule has 2 heterocycles. The third kappa shape index (κ3) is 4.28. The van der Waals surface area contributed by atoms with E-state index in [4.69, 9.17) is 5.26 Å². The van der Waals surface area contributed by atoms with Crippen LogP contribution in [0.4, 0.5) is 0 Å². The summed E-state index contributed by atoms with van der Waals surface area (Å²) < 4.78 is 0. The molecule has 0 amide bonds. The Morgan fingerprint density at radius 2 is 2.26 bits per heavy atom. The molecule has 19 heavy (non-hydrogen) atoms. The van der Waals surface area contributed by atoms with Gasteiger partial charge >= 0.3 is 0 Å². The van der Waals surface area contributed by atoms with E-state index in [1.165, 1.54) is 0 Å². The van der Waals surface area contributed by atoms with Crippen molar-refractivity contribution in [1.82, 2.24) is 20.1 Å². The maximum atomic E-state index is 9.02. The molecule has 0 aliphatic carbocycles. The topological polar surface area (TPSA) is 55.2 Å². The molecular weight excluding hydrogens is 238 g/mol. The first kappa shape index (κ1) is 13.9. The van der Waals surface area contributed by atoms with Crippen molar-refractivity contribution >= 4 is 0 Å². The number of nitrogens with zero attached hydrogens (tertiary/aromatic N) is 4. The fraction of sp³-hybridized carbons (Fsp3) is 0.571. The summed E-state index contributed by atoms with van der Waals surface area (Å²) in [7, 11) is 2.09. The lowest BCUT2D eigenvalue weighted by molar-refractivity contribution is 0.202. The van der Waals surface area contributed by atoms with Crippen molar-refractivity contribution in [1.29, 1.82) is 5.26 Å². The lowest BCUT2D eigenvalue weighted by atomic mass is 10.2. The molecule has 5 heteroatoms. The van der Waals surface area contributed by atoms with Gasteiger partial charge in [-0.3, -0.25) is 4.90 Å². The smallest absolute Gasteiger partial charge is 0.144 e. The standard InChI is InChI=1S/C14H21N5/c1-18(9-10-19-7-5-16-6-8-19)12-13-3-2-4-17-14(13)11-15/h2-4,16H,5-10,12H2,1H3. The second-order valence-electron chi connectivity index (χ2n) is 4.95. The second-order valence-corrected chi connectivity index (χ2v) is 4.95. The fourth-order valence-electron chi connectivity index (χ4n) is 2.28. The number of piperazine rings is 1. The maximum Gasteiger partial charge on any atom is 0.144 e. The zero-order valence-corrected chi connectivity index (χ0v) is 11.5.